The first-order valence-electron chi connectivity index (χ1n) is 7.36. The van der Waals surface area contributed by atoms with E-state index in [2.05, 4.69) is 14.8 Å². The largest absolute Gasteiger partial charge is 0.387 e. The topological polar surface area (TPSA) is 39.6 Å². The van der Waals surface area contributed by atoms with Crippen LogP contribution < -0.4 is 4.90 Å². The average Bonchev–Trinajstić information content (AvgIpc) is 3.09. The minimum absolute atomic E-state index is 0.453. The Bertz CT molecular complexity index is 415. The van der Waals surface area contributed by atoms with Crippen molar-refractivity contribution in [2.75, 3.05) is 31.1 Å². The molecule has 0 aromatic carbocycles. The molecule has 0 amide bonds. The Labute approximate surface area is 119 Å². The van der Waals surface area contributed by atoms with Gasteiger partial charge in [0.1, 0.15) is 0 Å². The molecule has 3 rings (SSSR count). The molecule has 2 saturated heterocycles. The predicted octanol–water partition coefficient (Wildman–Crippen LogP) is 2.26. The highest BCUT2D eigenvalue weighted by Crippen LogP contribution is 2.29. The molecule has 4 nitrogen and oxygen atoms in total. The second-order valence-electron chi connectivity index (χ2n) is 5.72. The van der Waals surface area contributed by atoms with Crippen LogP contribution in [0, 0.1) is 0 Å². The zero-order valence-corrected chi connectivity index (χ0v) is 12.4. The molecule has 2 atom stereocenters. The minimum Gasteiger partial charge on any atom is -0.387 e. The van der Waals surface area contributed by atoms with Gasteiger partial charge in [-0.2, -0.15) is 0 Å². The summed E-state index contributed by atoms with van der Waals surface area (Å²) in [5.41, 5.74) is 0.807. The normalized spacial score (nSPS) is 26.8. The second kappa shape index (κ2) is 5.77. The maximum absolute atomic E-state index is 9.55. The van der Waals surface area contributed by atoms with Crippen molar-refractivity contribution in [3.63, 3.8) is 0 Å². The number of aromatic nitrogens is 1. The van der Waals surface area contributed by atoms with Gasteiger partial charge in [-0.05, 0) is 39.3 Å². The quantitative estimate of drug-likeness (QED) is 0.922. The molecule has 19 heavy (non-hydrogen) atoms. The van der Waals surface area contributed by atoms with Gasteiger partial charge in [-0.15, -0.1) is 11.3 Å². The number of likely N-dealkylation sites (tertiary alicyclic amines) is 1. The summed E-state index contributed by atoms with van der Waals surface area (Å²) in [6, 6.07) is 0.708. The smallest absolute Gasteiger partial charge is 0.185 e. The van der Waals surface area contributed by atoms with Crippen LogP contribution >= 0.6 is 11.3 Å². The standard InChI is InChI=1S/C14H23N3OS/c1-11(18)13-10-19-14(15-13)17-8-5-12(9-17)16-6-3-2-4-7-16/h10-12,18H,2-9H2,1H3. The van der Waals surface area contributed by atoms with Crippen molar-refractivity contribution in [2.24, 2.45) is 0 Å². The highest BCUT2D eigenvalue weighted by molar-refractivity contribution is 7.13. The van der Waals surface area contributed by atoms with Gasteiger partial charge < -0.3 is 10.0 Å². The number of thiazole rings is 1. The van der Waals surface area contributed by atoms with E-state index in [1.54, 1.807) is 18.3 Å². The van der Waals surface area contributed by atoms with Crippen molar-refractivity contribution in [2.45, 2.75) is 44.8 Å². The Morgan fingerprint density at radius 1 is 1.32 bits per heavy atom. The number of nitrogens with zero attached hydrogens (tertiary/aromatic N) is 3. The molecule has 106 valence electrons. The van der Waals surface area contributed by atoms with E-state index < -0.39 is 6.10 Å². The summed E-state index contributed by atoms with van der Waals surface area (Å²) in [7, 11) is 0. The van der Waals surface area contributed by atoms with Crippen molar-refractivity contribution in [3.8, 4) is 0 Å². The number of aliphatic hydroxyl groups is 1. The van der Waals surface area contributed by atoms with E-state index in [1.807, 2.05) is 5.38 Å². The first-order chi connectivity index (χ1) is 9.24. The Morgan fingerprint density at radius 2 is 2.11 bits per heavy atom. The second-order valence-corrected chi connectivity index (χ2v) is 6.55. The highest BCUT2D eigenvalue weighted by Gasteiger charge is 2.29. The van der Waals surface area contributed by atoms with E-state index in [4.69, 9.17) is 0 Å². The lowest BCUT2D eigenvalue weighted by atomic mass is 10.1. The highest BCUT2D eigenvalue weighted by atomic mass is 32.1. The first-order valence-corrected chi connectivity index (χ1v) is 8.24. The Kier molecular flexibility index (Phi) is 4.05. The van der Waals surface area contributed by atoms with Gasteiger partial charge in [0.15, 0.2) is 5.13 Å². The average molecular weight is 281 g/mol. The molecule has 0 saturated carbocycles. The number of rotatable bonds is 3. The lowest BCUT2D eigenvalue weighted by molar-refractivity contribution is 0.175. The molecule has 1 aromatic heterocycles. The van der Waals surface area contributed by atoms with Gasteiger partial charge in [0, 0.05) is 24.5 Å². The molecule has 5 heteroatoms. The van der Waals surface area contributed by atoms with Gasteiger partial charge >= 0.3 is 0 Å². The molecule has 0 spiro atoms. The molecule has 2 aliphatic rings. The van der Waals surface area contributed by atoms with Crippen molar-refractivity contribution < 1.29 is 5.11 Å². The van der Waals surface area contributed by atoms with Crippen molar-refractivity contribution in [3.05, 3.63) is 11.1 Å². The van der Waals surface area contributed by atoms with Crippen LogP contribution in [0.15, 0.2) is 5.38 Å². The molecular formula is C14H23N3OS. The SMILES string of the molecule is CC(O)c1csc(N2CCC(N3CCCCC3)C2)n1. The number of hydrogen-bond acceptors (Lipinski definition) is 5. The van der Waals surface area contributed by atoms with E-state index in [0.29, 0.717) is 6.04 Å². The van der Waals surface area contributed by atoms with Crippen molar-refractivity contribution in [1.29, 1.82) is 0 Å². The molecule has 2 unspecified atom stereocenters. The third-order valence-electron chi connectivity index (χ3n) is 4.28. The van der Waals surface area contributed by atoms with Gasteiger partial charge in [-0.1, -0.05) is 6.42 Å². The fourth-order valence-electron chi connectivity index (χ4n) is 3.11. The Hall–Kier alpha value is -0.650. The summed E-state index contributed by atoms with van der Waals surface area (Å²) >= 11 is 1.66. The number of aliphatic hydroxyl groups excluding tert-OH is 1. The fourth-order valence-corrected chi connectivity index (χ4v) is 4.06. The van der Waals surface area contributed by atoms with Crippen LogP contribution in [-0.4, -0.2) is 47.2 Å². The summed E-state index contributed by atoms with van der Waals surface area (Å²) in [6.07, 6.45) is 4.92. The minimum atomic E-state index is -0.453. The molecule has 3 heterocycles. The van der Waals surface area contributed by atoms with Gasteiger partial charge in [-0.25, -0.2) is 4.98 Å². The third-order valence-corrected chi connectivity index (χ3v) is 5.20. The van der Waals surface area contributed by atoms with Crippen LogP contribution in [0.5, 0.6) is 0 Å². The summed E-state index contributed by atoms with van der Waals surface area (Å²) in [4.78, 5) is 9.59. The van der Waals surface area contributed by atoms with E-state index in [0.717, 1.165) is 23.9 Å². The fraction of sp³-hybridized carbons (Fsp3) is 0.786. The molecule has 0 bridgehead atoms. The van der Waals surface area contributed by atoms with Crippen LogP contribution in [0.25, 0.3) is 0 Å². The van der Waals surface area contributed by atoms with Crippen LogP contribution in [0.3, 0.4) is 0 Å². The molecule has 2 aliphatic heterocycles. The van der Waals surface area contributed by atoms with E-state index >= 15 is 0 Å². The number of piperidine rings is 1. The Morgan fingerprint density at radius 3 is 2.79 bits per heavy atom. The van der Waals surface area contributed by atoms with Gasteiger partial charge in [-0.3, -0.25) is 4.90 Å². The number of hydrogen-bond donors (Lipinski definition) is 1. The van der Waals surface area contributed by atoms with Crippen molar-refractivity contribution in [1.82, 2.24) is 9.88 Å². The van der Waals surface area contributed by atoms with E-state index in [9.17, 15) is 5.11 Å². The molecule has 1 aromatic rings. The molecular weight excluding hydrogens is 258 g/mol. The van der Waals surface area contributed by atoms with Crippen LogP contribution in [0.1, 0.15) is 44.4 Å². The maximum Gasteiger partial charge on any atom is 0.185 e. The van der Waals surface area contributed by atoms with Gasteiger partial charge in [0.05, 0.1) is 11.8 Å². The molecule has 1 N–H and O–H groups in total. The molecule has 0 aliphatic carbocycles. The zero-order valence-electron chi connectivity index (χ0n) is 11.6. The van der Waals surface area contributed by atoms with Gasteiger partial charge in [0.25, 0.3) is 0 Å². The summed E-state index contributed by atoms with van der Waals surface area (Å²) < 4.78 is 0. The monoisotopic (exact) mass is 281 g/mol. The van der Waals surface area contributed by atoms with Crippen LogP contribution in [0.2, 0.25) is 0 Å². The van der Waals surface area contributed by atoms with Crippen molar-refractivity contribution >= 4 is 16.5 Å². The first kappa shape index (κ1) is 13.3. The third kappa shape index (κ3) is 2.93. The lowest BCUT2D eigenvalue weighted by Crippen LogP contribution is -2.40. The van der Waals surface area contributed by atoms with E-state index in [-0.39, 0.29) is 0 Å². The van der Waals surface area contributed by atoms with E-state index in [1.165, 1.54) is 38.8 Å². The number of anilines is 1. The molecule has 0 radical (unpaired) electrons. The lowest BCUT2D eigenvalue weighted by Gasteiger charge is -2.32. The Balaban J connectivity index is 1.61. The summed E-state index contributed by atoms with van der Waals surface area (Å²) in [5.74, 6) is 0. The van der Waals surface area contributed by atoms with Gasteiger partial charge in [0.2, 0.25) is 0 Å². The predicted molar refractivity (Wildman–Crippen MR) is 78.8 cm³/mol. The van der Waals surface area contributed by atoms with Crippen LogP contribution in [0.4, 0.5) is 5.13 Å². The zero-order chi connectivity index (χ0) is 13.2. The maximum atomic E-state index is 9.55. The molecule has 2 fully saturated rings. The summed E-state index contributed by atoms with van der Waals surface area (Å²) in [6.45, 7) is 6.53. The van der Waals surface area contributed by atoms with Crippen LogP contribution in [-0.2, 0) is 0 Å². The summed E-state index contributed by atoms with van der Waals surface area (Å²) in [5, 5.41) is 12.6.